The Bertz CT molecular complexity index is 198. The highest BCUT2D eigenvalue weighted by Gasteiger charge is 2.11. The summed E-state index contributed by atoms with van der Waals surface area (Å²) < 4.78 is 0. The first-order valence-corrected chi connectivity index (χ1v) is 7.29. The van der Waals surface area contributed by atoms with Crippen LogP contribution in [0.25, 0.3) is 0 Å². The van der Waals surface area contributed by atoms with E-state index >= 15 is 0 Å². The minimum absolute atomic E-state index is 0.158. The van der Waals surface area contributed by atoms with Crippen molar-refractivity contribution in [2.75, 3.05) is 33.3 Å². The van der Waals surface area contributed by atoms with Gasteiger partial charge in [0, 0.05) is 32.7 Å². The number of unbranched alkanes of at least 4 members (excludes halogenated alkanes) is 4. The van der Waals surface area contributed by atoms with Crippen molar-refractivity contribution in [2.45, 2.75) is 51.9 Å². The third-order valence-electron chi connectivity index (χ3n) is 3.06. The zero-order valence-electron chi connectivity index (χ0n) is 12.1. The predicted molar refractivity (Wildman–Crippen MR) is 75.6 cm³/mol. The van der Waals surface area contributed by atoms with Gasteiger partial charge in [0.15, 0.2) is 0 Å². The molecule has 0 fully saturated rings. The molecule has 4 nitrogen and oxygen atoms in total. The number of carbonyl (C=O) groups excluding carboxylic acids is 1. The minimum Gasteiger partial charge on any atom is -0.396 e. The minimum atomic E-state index is 0.158. The number of carbonyl (C=O) groups is 1. The maximum atomic E-state index is 11.9. The van der Waals surface area contributed by atoms with Gasteiger partial charge in [-0.1, -0.05) is 32.6 Å². The monoisotopic (exact) mass is 258 g/mol. The number of aliphatic hydroxyl groups is 1. The number of hydrogen-bond donors (Lipinski definition) is 2. The number of aliphatic hydroxyl groups excluding tert-OH is 1. The summed E-state index contributed by atoms with van der Waals surface area (Å²) in [7, 11) is 1.86. The average molecular weight is 258 g/mol. The van der Waals surface area contributed by atoms with Gasteiger partial charge in [-0.3, -0.25) is 4.79 Å². The molecule has 0 aromatic rings. The van der Waals surface area contributed by atoms with Crippen molar-refractivity contribution in [1.82, 2.24) is 10.2 Å². The van der Waals surface area contributed by atoms with Gasteiger partial charge in [-0.15, -0.1) is 0 Å². The fourth-order valence-electron chi connectivity index (χ4n) is 1.92. The van der Waals surface area contributed by atoms with Crippen molar-refractivity contribution in [3.8, 4) is 0 Å². The Kier molecular flexibility index (Phi) is 12.4. The average Bonchev–Trinajstić information content (AvgIpc) is 2.39. The highest BCUT2D eigenvalue weighted by Crippen LogP contribution is 2.05. The van der Waals surface area contributed by atoms with E-state index in [1.807, 2.05) is 11.9 Å². The summed E-state index contributed by atoms with van der Waals surface area (Å²) in [6, 6.07) is 0. The third-order valence-corrected chi connectivity index (χ3v) is 3.06. The lowest BCUT2D eigenvalue weighted by Crippen LogP contribution is -2.34. The molecule has 0 aliphatic rings. The molecule has 0 spiro atoms. The van der Waals surface area contributed by atoms with Crippen molar-refractivity contribution >= 4 is 5.91 Å². The molecule has 0 aromatic carbocycles. The molecule has 18 heavy (non-hydrogen) atoms. The molecule has 0 bridgehead atoms. The van der Waals surface area contributed by atoms with Crippen molar-refractivity contribution in [3.05, 3.63) is 0 Å². The van der Waals surface area contributed by atoms with Crippen LogP contribution >= 0.6 is 0 Å². The van der Waals surface area contributed by atoms with Crippen LogP contribution in [0, 0.1) is 0 Å². The second-order valence-electron chi connectivity index (χ2n) is 4.73. The van der Waals surface area contributed by atoms with Gasteiger partial charge < -0.3 is 15.3 Å². The normalized spacial score (nSPS) is 10.6. The van der Waals surface area contributed by atoms with Gasteiger partial charge in [0.1, 0.15) is 0 Å². The van der Waals surface area contributed by atoms with E-state index in [4.69, 9.17) is 5.11 Å². The van der Waals surface area contributed by atoms with Crippen LogP contribution in [-0.2, 0) is 4.79 Å². The lowest BCUT2D eigenvalue weighted by molar-refractivity contribution is -0.131. The standard InChI is InChI=1S/C14H30N2O2/c1-3-4-5-6-7-11-16(12-8-13-17)14(18)9-10-15-2/h15,17H,3-13H2,1-2H3. The van der Waals surface area contributed by atoms with E-state index in [0.29, 0.717) is 19.4 Å². The van der Waals surface area contributed by atoms with Gasteiger partial charge in [-0.05, 0) is 19.9 Å². The van der Waals surface area contributed by atoms with Crippen LogP contribution in [0.5, 0.6) is 0 Å². The first-order chi connectivity index (χ1) is 8.76. The highest BCUT2D eigenvalue weighted by atomic mass is 16.3. The van der Waals surface area contributed by atoms with Crippen molar-refractivity contribution in [1.29, 1.82) is 0 Å². The Labute approximate surface area is 112 Å². The first kappa shape index (κ1) is 17.4. The molecule has 108 valence electrons. The predicted octanol–water partition coefficient (Wildman–Crippen LogP) is 1.78. The lowest BCUT2D eigenvalue weighted by atomic mass is 10.1. The van der Waals surface area contributed by atoms with Gasteiger partial charge in [0.2, 0.25) is 5.91 Å². The van der Waals surface area contributed by atoms with E-state index in [2.05, 4.69) is 12.2 Å². The maximum Gasteiger partial charge on any atom is 0.223 e. The molecule has 2 N–H and O–H groups in total. The van der Waals surface area contributed by atoms with E-state index in [1.165, 1.54) is 25.7 Å². The summed E-state index contributed by atoms with van der Waals surface area (Å²) in [4.78, 5) is 13.8. The van der Waals surface area contributed by atoms with Crippen LogP contribution in [0.15, 0.2) is 0 Å². The molecule has 0 unspecified atom stereocenters. The molecule has 1 amide bonds. The molecular weight excluding hydrogens is 228 g/mol. The number of nitrogens with one attached hydrogen (secondary N) is 1. The van der Waals surface area contributed by atoms with E-state index < -0.39 is 0 Å². The second kappa shape index (κ2) is 12.8. The summed E-state index contributed by atoms with van der Waals surface area (Å²) in [6.45, 7) is 4.61. The molecule has 0 atom stereocenters. The molecular formula is C14H30N2O2. The zero-order chi connectivity index (χ0) is 13.6. The molecule has 0 aromatic heterocycles. The van der Waals surface area contributed by atoms with Crippen LogP contribution in [0.1, 0.15) is 51.9 Å². The van der Waals surface area contributed by atoms with Crippen molar-refractivity contribution < 1.29 is 9.90 Å². The topological polar surface area (TPSA) is 52.6 Å². The summed E-state index contributed by atoms with van der Waals surface area (Å²) >= 11 is 0. The first-order valence-electron chi connectivity index (χ1n) is 7.29. The number of hydrogen-bond acceptors (Lipinski definition) is 3. The van der Waals surface area contributed by atoms with Crippen LogP contribution in [0.4, 0.5) is 0 Å². The molecule has 0 saturated carbocycles. The molecule has 0 rings (SSSR count). The fraction of sp³-hybridized carbons (Fsp3) is 0.929. The molecule has 0 saturated heterocycles. The Morgan fingerprint density at radius 3 is 2.39 bits per heavy atom. The Hall–Kier alpha value is -0.610. The van der Waals surface area contributed by atoms with Gasteiger partial charge >= 0.3 is 0 Å². The Balaban J connectivity index is 3.86. The van der Waals surface area contributed by atoms with Crippen molar-refractivity contribution in [3.63, 3.8) is 0 Å². The van der Waals surface area contributed by atoms with Crippen LogP contribution in [0.3, 0.4) is 0 Å². The summed E-state index contributed by atoms with van der Waals surface area (Å²) in [5.74, 6) is 0.202. The van der Waals surface area contributed by atoms with E-state index in [1.54, 1.807) is 0 Å². The Morgan fingerprint density at radius 1 is 1.11 bits per heavy atom. The largest absolute Gasteiger partial charge is 0.396 e. The third kappa shape index (κ3) is 9.42. The fourth-order valence-corrected chi connectivity index (χ4v) is 1.92. The second-order valence-corrected chi connectivity index (χ2v) is 4.73. The Morgan fingerprint density at radius 2 is 1.78 bits per heavy atom. The number of rotatable bonds is 12. The van der Waals surface area contributed by atoms with E-state index in [9.17, 15) is 4.79 Å². The molecule has 0 aliphatic carbocycles. The van der Waals surface area contributed by atoms with E-state index in [-0.39, 0.29) is 12.5 Å². The molecule has 0 heterocycles. The zero-order valence-corrected chi connectivity index (χ0v) is 12.1. The maximum absolute atomic E-state index is 11.9. The number of amides is 1. The quantitative estimate of drug-likeness (QED) is 0.525. The van der Waals surface area contributed by atoms with Crippen LogP contribution < -0.4 is 5.32 Å². The molecule has 4 heteroatoms. The number of nitrogens with zero attached hydrogens (tertiary/aromatic N) is 1. The van der Waals surface area contributed by atoms with Crippen LogP contribution in [-0.4, -0.2) is 49.2 Å². The SMILES string of the molecule is CCCCCCCN(CCCO)C(=O)CCNC. The molecule has 0 radical (unpaired) electrons. The van der Waals surface area contributed by atoms with Crippen LogP contribution in [0.2, 0.25) is 0 Å². The molecule has 0 aliphatic heterocycles. The van der Waals surface area contributed by atoms with Crippen molar-refractivity contribution in [2.24, 2.45) is 0 Å². The summed E-state index contributed by atoms with van der Waals surface area (Å²) in [5, 5.41) is 11.9. The summed E-state index contributed by atoms with van der Waals surface area (Å²) in [6.07, 6.45) is 7.30. The van der Waals surface area contributed by atoms with Gasteiger partial charge in [0.05, 0.1) is 0 Å². The highest BCUT2D eigenvalue weighted by molar-refractivity contribution is 5.76. The van der Waals surface area contributed by atoms with Gasteiger partial charge in [0.25, 0.3) is 0 Å². The smallest absolute Gasteiger partial charge is 0.223 e. The lowest BCUT2D eigenvalue weighted by Gasteiger charge is -2.22. The van der Waals surface area contributed by atoms with Gasteiger partial charge in [-0.2, -0.15) is 0 Å². The van der Waals surface area contributed by atoms with E-state index in [0.717, 1.165) is 19.5 Å². The van der Waals surface area contributed by atoms with Gasteiger partial charge in [-0.25, -0.2) is 0 Å². The summed E-state index contributed by atoms with van der Waals surface area (Å²) in [5.41, 5.74) is 0.